The summed E-state index contributed by atoms with van der Waals surface area (Å²) in [5, 5.41) is 0. The molecule has 0 radical (unpaired) electrons. The van der Waals surface area contributed by atoms with Gasteiger partial charge in [0.2, 0.25) is 0 Å². The summed E-state index contributed by atoms with van der Waals surface area (Å²) in [5.74, 6) is -0.712. The van der Waals surface area contributed by atoms with Gasteiger partial charge in [-0.3, -0.25) is 9.59 Å². The topological polar surface area (TPSA) is 52.6 Å². The third kappa shape index (κ3) is 7.28. The van der Waals surface area contributed by atoms with Gasteiger partial charge in [0.25, 0.3) is 0 Å². The summed E-state index contributed by atoms with van der Waals surface area (Å²) in [6, 6.07) is 0. The Balaban J connectivity index is 2.23. The SMILES string of the molecule is CCOC(=O)C(CCCCCC1CCCCC1)C(=O)OCC. The molecule has 4 nitrogen and oxygen atoms in total. The second-order valence-corrected chi connectivity index (χ2v) is 6.20. The summed E-state index contributed by atoms with van der Waals surface area (Å²) in [5.41, 5.74) is 0. The van der Waals surface area contributed by atoms with Gasteiger partial charge in [-0.25, -0.2) is 0 Å². The van der Waals surface area contributed by atoms with Gasteiger partial charge < -0.3 is 9.47 Å². The lowest BCUT2D eigenvalue weighted by Crippen LogP contribution is -2.28. The predicted octanol–water partition coefficient (Wildman–Crippen LogP) is 4.26. The standard InChI is InChI=1S/C18H32O4/c1-3-21-17(19)16(18(20)22-4-2)14-10-6-9-13-15-11-7-5-8-12-15/h15-16H,3-14H2,1-2H3. The Kier molecular flexibility index (Phi) is 9.93. The predicted molar refractivity (Wildman–Crippen MR) is 86.4 cm³/mol. The van der Waals surface area contributed by atoms with Crippen LogP contribution in [0.25, 0.3) is 0 Å². The molecule has 1 saturated carbocycles. The number of unbranched alkanes of at least 4 members (excludes halogenated alkanes) is 2. The Bertz CT molecular complexity index is 303. The van der Waals surface area contributed by atoms with Crippen LogP contribution in [0.4, 0.5) is 0 Å². The molecule has 0 spiro atoms. The van der Waals surface area contributed by atoms with E-state index in [-0.39, 0.29) is 0 Å². The highest BCUT2D eigenvalue weighted by Gasteiger charge is 2.28. The summed E-state index contributed by atoms with van der Waals surface area (Å²) < 4.78 is 9.97. The van der Waals surface area contributed by atoms with E-state index >= 15 is 0 Å². The van der Waals surface area contributed by atoms with E-state index in [4.69, 9.17) is 9.47 Å². The quantitative estimate of drug-likeness (QED) is 0.343. The van der Waals surface area contributed by atoms with Gasteiger partial charge >= 0.3 is 11.9 Å². The van der Waals surface area contributed by atoms with Crippen molar-refractivity contribution >= 4 is 11.9 Å². The van der Waals surface area contributed by atoms with Crippen LogP contribution >= 0.6 is 0 Å². The molecule has 22 heavy (non-hydrogen) atoms. The number of hydrogen-bond acceptors (Lipinski definition) is 4. The molecule has 0 amide bonds. The number of hydrogen-bond donors (Lipinski definition) is 0. The molecule has 1 rings (SSSR count). The first-order valence-electron chi connectivity index (χ1n) is 9.02. The summed E-state index contributed by atoms with van der Waals surface area (Å²) in [6.07, 6.45) is 11.9. The van der Waals surface area contributed by atoms with Crippen molar-refractivity contribution in [2.45, 2.75) is 78.1 Å². The molecule has 0 heterocycles. The van der Waals surface area contributed by atoms with Gasteiger partial charge in [-0.05, 0) is 26.2 Å². The third-order valence-corrected chi connectivity index (χ3v) is 4.47. The zero-order chi connectivity index (χ0) is 16.2. The Morgan fingerprint density at radius 3 is 2.05 bits per heavy atom. The monoisotopic (exact) mass is 312 g/mol. The zero-order valence-corrected chi connectivity index (χ0v) is 14.3. The summed E-state index contributed by atoms with van der Waals surface area (Å²) in [4.78, 5) is 23.7. The summed E-state index contributed by atoms with van der Waals surface area (Å²) in [7, 11) is 0. The van der Waals surface area contributed by atoms with Gasteiger partial charge in [-0.15, -0.1) is 0 Å². The van der Waals surface area contributed by atoms with Gasteiger partial charge in [-0.2, -0.15) is 0 Å². The second kappa shape index (κ2) is 11.5. The largest absolute Gasteiger partial charge is 0.465 e. The van der Waals surface area contributed by atoms with Crippen molar-refractivity contribution in [2.75, 3.05) is 13.2 Å². The molecule has 0 saturated heterocycles. The molecule has 0 unspecified atom stereocenters. The van der Waals surface area contributed by atoms with Crippen LogP contribution in [0.1, 0.15) is 78.1 Å². The van der Waals surface area contributed by atoms with Crippen LogP contribution in [-0.4, -0.2) is 25.2 Å². The molecule has 1 fully saturated rings. The van der Waals surface area contributed by atoms with Crippen molar-refractivity contribution < 1.29 is 19.1 Å². The smallest absolute Gasteiger partial charge is 0.320 e. The van der Waals surface area contributed by atoms with Gasteiger partial charge in [0, 0.05) is 0 Å². The fraction of sp³-hybridized carbons (Fsp3) is 0.889. The average Bonchev–Trinajstić information content (AvgIpc) is 2.52. The van der Waals surface area contributed by atoms with E-state index in [1.807, 2.05) is 0 Å². The maximum Gasteiger partial charge on any atom is 0.320 e. The first-order chi connectivity index (χ1) is 10.7. The highest BCUT2D eigenvalue weighted by atomic mass is 16.6. The lowest BCUT2D eigenvalue weighted by molar-refractivity contribution is -0.161. The minimum atomic E-state index is -0.741. The lowest BCUT2D eigenvalue weighted by atomic mass is 9.85. The molecule has 0 aromatic heterocycles. The van der Waals surface area contributed by atoms with E-state index in [1.54, 1.807) is 13.8 Å². The van der Waals surface area contributed by atoms with Crippen molar-refractivity contribution in [2.24, 2.45) is 11.8 Å². The molecule has 1 aliphatic carbocycles. The first-order valence-corrected chi connectivity index (χ1v) is 9.02. The molecule has 0 aliphatic heterocycles. The maximum absolute atomic E-state index is 11.8. The minimum absolute atomic E-state index is 0.302. The summed E-state index contributed by atoms with van der Waals surface area (Å²) in [6.45, 7) is 4.11. The second-order valence-electron chi connectivity index (χ2n) is 6.20. The Labute approximate surface area is 134 Å². The van der Waals surface area contributed by atoms with Crippen LogP contribution in [0.15, 0.2) is 0 Å². The van der Waals surface area contributed by atoms with E-state index in [1.165, 1.54) is 44.9 Å². The van der Waals surface area contributed by atoms with Crippen LogP contribution < -0.4 is 0 Å². The number of carbonyl (C=O) groups is 2. The van der Waals surface area contributed by atoms with Gasteiger partial charge in [-0.1, -0.05) is 57.8 Å². The zero-order valence-electron chi connectivity index (χ0n) is 14.3. The fourth-order valence-electron chi connectivity index (χ4n) is 3.25. The highest BCUT2D eigenvalue weighted by molar-refractivity contribution is 5.94. The fourth-order valence-corrected chi connectivity index (χ4v) is 3.25. The van der Waals surface area contributed by atoms with Crippen LogP contribution in [-0.2, 0) is 19.1 Å². The van der Waals surface area contributed by atoms with Crippen molar-refractivity contribution in [1.29, 1.82) is 0 Å². The van der Waals surface area contributed by atoms with E-state index in [9.17, 15) is 9.59 Å². The van der Waals surface area contributed by atoms with Crippen LogP contribution in [0.2, 0.25) is 0 Å². The van der Waals surface area contributed by atoms with Crippen molar-refractivity contribution in [1.82, 2.24) is 0 Å². The van der Waals surface area contributed by atoms with Crippen molar-refractivity contribution in [3.8, 4) is 0 Å². The maximum atomic E-state index is 11.8. The lowest BCUT2D eigenvalue weighted by Gasteiger charge is -2.21. The molecule has 0 atom stereocenters. The van der Waals surface area contributed by atoms with Crippen LogP contribution in [0, 0.1) is 11.8 Å². The summed E-state index contributed by atoms with van der Waals surface area (Å²) >= 11 is 0. The molecular weight excluding hydrogens is 280 g/mol. The Morgan fingerprint density at radius 2 is 1.50 bits per heavy atom. The molecule has 0 aromatic carbocycles. The molecule has 0 N–H and O–H groups in total. The third-order valence-electron chi connectivity index (χ3n) is 4.47. The van der Waals surface area contributed by atoms with Crippen molar-refractivity contribution in [3.05, 3.63) is 0 Å². The van der Waals surface area contributed by atoms with Gasteiger partial charge in [0.05, 0.1) is 13.2 Å². The number of ether oxygens (including phenoxy) is 2. The first kappa shape index (κ1) is 19.0. The molecule has 0 aromatic rings. The normalized spacial score (nSPS) is 15.8. The number of esters is 2. The van der Waals surface area contributed by atoms with Gasteiger partial charge in [0.15, 0.2) is 5.92 Å². The minimum Gasteiger partial charge on any atom is -0.465 e. The van der Waals surface area contributed by atoms with E-state index in [0.717, 1.165) is 18.8 Å². The number of carbonyl (C=O) groups excluding carboxylic acids is 2. The Morgan fingerprint density at radius 1 is 0.909 bits per heavy atom. The van der Waals surface area contributed by atoms with E-state index < -0.39 is 17.9 Å². The molecule has 4 heteroatoms. The van der Waals surface area contributed by atoms with Crippen LogP contribution in [0.3, 0.4) is 0 Å². The van der Waals surface area contributed by atoms with Gasteiger partial charge in [0.1, 0.15) is 0 Å². The highest BCUT2D eigenvalue weighted by Crippen LogP contribution is 2.28. The number of rotatable bonds is 10. The average molecular weight is 312 g/mol. The van der Waals surface area contributed by atoms with E-state index in [2.05, 4.69) is 0 Å². The van der Waals surface area contributed by atoms with E-state index in [0.29, 0.717) is 19.6 Å². The molecule has 1 aliphatic rings. The van der Waals surface area contributed by atoms with Crippen molar-refractivity contribution in [3.63, 3.8) is 0 Å². The molecule has 0 bridgehead atoms. The Hall–Kier alpha value is -1.06. The molecule has 128 valence electrons. The van der Waals surface area contributed by atoms with Crippen LogP contribution in [0.5, 0.6) is 0 Å². The molecular formula is C18H32O4.